The number of nitrogens with zero attached hydrogens (tertiary/aromatic N) is 1. The SMILES string of the molecule is O=c1c(Nc2c[nH]c3ccccc23)c(NCC(F)(F)F)[n+]1=O. The van der Waals surface area contributed by atoms with Crippen LogP contribution in [0.3, 0.4) is 0 Å². The number of nitrogens with one attached hydrogen (secondary N) is 3. The van der Waals surface area contributed by atoms with Crippen molar-refractivity contribution in [1.29, 1.82) is 0 Å². The van der Waals surface area contributed by atoms with Gasteiger partial charge in [0.1, 0.15) is 0 Å². The second-order valence-corrected chi connectivity index (χ2v) is 4.66. The summed E-state index contributed by atoms with van der Waals surface area (Å²) in [4.78, 5) is 25.8. The van der Waals surface area contributed by atoms with Gasteiger partial charge in [-0.15, -0.1) is 0 Å². The Morgan fingerprint density at radius 1 is 1.23 bits per heavy atom. The van der Waals surface area contributed by atoms with E-state index in [0.717, 1.165) is 10.9 Å². The molecule has 0 aliphatic carbocycles. The van der Waals surface area contributed by atoms with Crippen LogP contribution in [0.25, 0.3) is 10.9 Å². The Kier molecular flexibility index (Phi) is 3.12. The molecule has 0 amide bonds. The molecule has 0 bridgehead atoms. The molecule has 0 aliphatic rings. The maximum atomic E-state index is 12.2. The first-order chi connectivity index (χ1) is 10.4. The summed E-state index contributed by atoms with van der Waals surface area (Å²) in [6, 6.07) is 7.17. The molecule has 1 aromatic carbocycles. The summed E-state index contributed by atoms with van der Waals surface area (Å²) in [7, 11) is 0. The van der Waals surface area contributed by atoms with Gasteiger partial charge in [-0.25, -0.2) is 4.79 Å². The maximum absolute atomic E-state index is 12.2. The van der Waals surface area contributed by atoms with E-state index in [1.807, 2.05) is 11.4 Å². The number of hydrogen-bond donors (Lipinski definition) is 3. The molecule has 0 saturated carbocycles. The van der Waals surface area contributed by atoms with E-state index in [-0.39, 0.29) is 10.1 Å². The number of benzene rings is 1. The molecule has 3 N–H and O–H groups in total. The molecule has 0 aliphatic heterocycles. The van der Waals surface area contributed by atoms with Gasteiger partial charge in [-0.05, 0) is 6.07 Å². The Bertz CT molecular complexity index is 906. The van der Waals surface area contributed by atoms with Crippen LogP contribution in [0.1, 0.15) is 0 Å². The van der Waals surface area contributed by atoms with Gasteiger partial charge in [-0.1, -0.05) is 23.1 Å². The molecule has 2 heterocycles. The summed E-state index contributed by atoms with van der Waals surface area (Å²) >= 11 is 0. The van der Waals surface area contributed by atoms with Gasteiger partial charge in [0.2, 0.25) is 5.69 Å². The fourth-order valence-corrected chi connectivity index (χ4v) is 2.12. The lowest BCUT2D eigenvalue weighted by Gasteiger charge is -2.08. The fourth-order valence-electron chi connectivity index (χ4n) is 2.12. The van der Waals surface area contributed by atoms with E-state index in [4.69, 9.17) is 0 Å². The fraction of sp³-hybridized carbons (Fsp3) is 0.154. The molecule has 22 heavy (non-hydrogen) atoms. The zero-order chi connectivity index (χ0) is 15.9. The summed E-state index contributed by atoms with van der Waals surface area (Å²) < 4.78 is 36.5. The summed E-state index contributed by atoms with van der Waals surface area (Å²) in [6.45, 7) is -1.40. The molecule has 3 rings (SSSR count). The average molecular weight is 311 g/mol. The topological polar surface area (TPSA) is 79.9 Å². The zero-order valence-corrected chi connectivity index (χ0v) is 11.0. The lowest BCUT2D eigenvalue weighted by Crippen LogP contribution is -2.47. The highest BCUT2D eigenvalue weighted by Gasteiger charge is 2.36. The molecule has 0 unspecified atom stereocenters. The number of H-pyrrole nitrogens is 1. The van der Waals surface area contributed by atoms with Crippen molar-refractivity contribution in [3.8, 4) is 0 Å². The van der Waals surface area contributed by atoms with Gasteiger partial charge in [0, 0.05) is 17.1 Å². The molecule has 0 fully saturated rings. The van der Waals surface area contributed by atoms with Crippen molar-refractivity contribution in [3.63, 3.8) is 0 Å². The predicted octanol–water partition coefficient (Wildman–Crippen LogP) is 2.04. The quantitative estimate of drug-likeness (QED) is 0.644. The third-order valence-electron chi connectivity index (χ3n) is 3.14. The number of rotatable bonds is 4. The first-order valence-corrected chi connectivity index (χ1v) is 6.26. The number of anilines is 3. The van der Waals surface area contributed by atoms with Crippen molar-refractivity contribution in [2.45, 2.75) is 6.18 Å². The smallest absolute Gasteiger partial charge is 0.359 e. The van der Waals surface area contributed by atoms with E-state index in [0.29, 0.717) is 5.69 Å². The van der Waals surface area contributed by atoms with Crippen molar-refractivity contribution in [1.82, 2.24) is 4.98 Å². The molecule has 3 aromatic rings. The number of para-hydroxylation sites is 1. The first kappa shape index (κ1) is 14.1. The van der Waals surface area contributed by atoms with Crippen LogP contribution < -0.4 is 20.6 Å². The standard InChI is InChI=1S/C13H9F3N4O2/c14-13(15,16)6-18-11-10(12(21)20(11)22)19-9-5-17-8-4-2-1-3-7(8)9/h1-5H,6H2,(H2-,17,18,19,21,22)/p+1. The number of fused-ring (bicyclic) bond motifs is 1. The van der Waals surface area contributed by atoms with Crippen LogP contribution in [0.15, 0.2) is 35.3 Å². The molecule has 6 nitrogen and oxygen atoms in total. The van der Waals surface area contributed by atoms with Gasteiger partial charge < -0.3 is 10.3 Å². The van der Waals surface area contributed by atoms with Crippen LogP contribution >= 0.6 is 0 Å². The number of aromatic nitrogens is 2. The Labute approximate surface area is 120 Å². The first-order valence-electron chi connectivity index (χ1n) is 6.26. The average Bonchev–Trinajstić information content (AvgIpc) is 2.88. The van der Waals surface area contributed by atoms with Crippen molar-refractivity contribution >= 4 is 28.1 Å². The van der Waals surface area contributed by atoms with Gasteiger partial charge in [-0.3, -0.25) is 5.32 Å². The number of halogens is 3. The Morgan fingerprint density at radius 3 is 2.68 bits per heavy atom. The summed E-state index contributed by atoms with van der Waals surface area (Å²) in [5.74, 6) is -0.424. The maximum Gasteiger partial charge on any atom is 0.425 e. The van der Waals surface area contributed by atoms with E-state index >= 15 is 0 Å². The molecular weight excluding hydrogens is 301 g/mol. The molecular formula is C13H10F3N4O2+. The molecule has 114 valence electrons. The van der Waals surface area contributed by atoms with E-state index in [2.05, 4.69) is 10.3 Å². The summed E-state index contributed by atoms with van der Waals surface area (Å²) in [6.07, 6.45) is -2.92. The van der Waals surface area contributed by atoms with Crippen LogP contribution in [0, 0.1) is 4.91 Å². The van der Waals surface area contributed by atoms with E-state index < -0.39 is 24.1 Å². The summed E-state index contributed by atoms with van der Waals surface area (Å²) in [5.41, 5.74) is 0.179. The Balaban J connectivity index is 1.89. The monoisotopic (exact) mass is 311 g/mol. The van der Waals surface area contributed by atoms with Crippen LogP contribution in [0.2, 0.25) is 0 Å². The third-order valence-corrected chi connectivity index (χ3v) is 3.14. The second kappa shape index (κ2) is 4.86. The van der Waals surface area contributed by atoms with Crippen LogP contribution in [0.5, 0.6) is 0 Å². The van der Waals surface area contributed by atoms with Gasteiger partial charge in [-0.2, -0.15) is 13.2 Å². The van der Waals surface area contributed by atoms with Crippen LogP contribution in [-0.2, 0) is 0 Å². The van der Waals surface area contributed by atoms with E-state index in [9.17, 15) is 22.9 Å². The number of alkyl halides is 3. The lowest BCUT2D eigenvalue weighted by atomic mass is 10.2. The van der Waals surface area contributed by atoms with Crippen molar-refractivity contribution in [2.24, 2.45) is 0 Å². The molecule has 9 heteroatoms. The lowest BCUT2D eigenvalue weighted by molar-refractivity contribution is -0.506. The largest absolute Gasteiger partial charge is 0.425 e. The van der Waals surface area contributed by atoms with Crippen LogP contribution in [0.4, 0.5) is 30.4 Å². The predicted molar refractivity (Wildman–Crippen MR) is 74.6 cm³/mol. The highest BCUT2D eigenvalue weighted by Crippen LogP contribution is 2.27. The Hall–Kier alpha value is -2.84. The normalized spacial score (nSPS) is 12.0. The van der Waals surface area contributed by atoms with Crippen LogP contribution in [-0.4, -0.2) is 17.7 Å². The molecule has 0 radical (unpaired) electrons. The summed E-state index contributed by atoms with van der Waals surface area (Å²) in [5, 5.41) is 5.37. The third kappa shape index (κ3) is 2.41. The second-order valence-electron chi connectivity index (χ2n) is 4.66. The van der Waals surface area contributed by atoms with Gasteiger partial charge in [0.15, 0.2) is 6.54 Å². The minimum Gasteiger partial charge on any atom is -0.359 e. The highest BCUT2D eigenvalue weighted by molar-refractivity contribution is 5.94. The minimum atomic E-state index is -4.49. The number of aromatic amines is 1. The molecule has 0 atom stereocenters. The van der Waals surface area contributed by atoms with Crippen molar-refractivity contribution < 1.29 is 17.6 Å². The zero-order valence-electron chi connectivity index (χ0n) is 11.0. The number of hydrogen-bond acceptors (Lipinski definition) is 4. The molecule has 0 spiro atoms. The van der Waals surface area contributed by atoms with Crippen molar-refractivity contribution in [2.75, 3.05) is 17.2 Å². The van der Waals surface area contributed by atoms with Gasteiger partial charge >= 0.3 is 17.6 Å². The minimum absolute atomic E-state index is 0.108. The Morgan fingerprint density at radius 2 is 1.95 bits per heavy atom. The molecule has 0 saturated heterocycles. The van der Waals surface area contributed by atoms with E-state index in [1.165, 1.54) is 0 Å². The highest BCUT2D eigenvalue weighted by atomic mass is 19.4. The van der Waals surface area contributed by atoms with Gasteiger partial charge in [0.25, 0.3) is 0 Å². The molecule has 2 aromatic heterocycles. The van der Waals surface area contributed by atoms with Crippen molar-refractivity contribution in [3.05, 3.63) is 45.7 Å². The van der Waals surface area contributed by atoms with E-state index in [1.54, 1.807) is 24.4 Å². The van der Waals surface area contributed by atoms with Gasteiger partial charge in [0.05, 0.1) is 10.1 Å².